The van der Waals surface area contributed by atoms with Crippen molar-refractivity contribution in [1.29, 1.82) is 0 Å². The summed E-state index contributed by atoms with van der Waals surface area (Å²) in [6.45, 7) is 3.84. The second kappa shape index (κ2) is 6.35. The summed E-state index contributed by atoms with van der Waals surface area (Å²) in [5.41, 5.74) is 1.87. The Morgan fingerprint density at radius 3 is 2.58 bits per heavy atom. The Labute approximate surface area is 121 Å². The average molecular weight is 297 g/mol. The number of nitrogens with zero attached hydrogens (tertiary/aromatic N) is 2. The molecular weight excluding hydrogens is 283 g/mol. The highest BCUT2D eigenvalue weighted by Crippen LogP contribution is 2.24. The van der Waals surface area contributed by atoms with Crippen LogP contribution in [-0.2, 0) is 5.75 Å². The second-order valence-corrected chi connectivity index (χ2v) is 5.89. The van der Waals surface area contributed by atoms with Gasteiger partial charge in [0.1, 0.15) is 11.6 Å². The maximum absolute atomic E-state index is 12.8. The van der Waals surface area contributed by atoms with Gasteiger partial charge in [0.15, 0.2) is 0 Å². The Hall–Kier alpha value is -1.13. The number of hydrogen-bond donors (Lipinski definition) is 0. The average Bonchev–Trinajstić information content (AvgIpc) is 2.37. The topological polar surface area (TPSA) is 25.8 Å². The lowest BCUT2D eigenvalue weighted by Crippen LogP contribution is -2.00. The van der Waals surface area contributed by atoms with E-state index in [2.05, 4.69) is 9.97 Å². The van der Waals surface area contributed by atoms with Crippen LogP contribution in [0, 0.1) is 12.7 Å². The molecule has 19 heavy (non-hydrogen) atoms. The van der Waals surface area contributed by atoms with Crippen molar-refractivity contribution in [2.24, 2.45) is 0 Å². The van der Waals surface area contributed by atoms with Crippen LogP contribution in [-0.4, -0.2) is 9.97 Å². The number of aryl methyl sites for hydroxylation is 1. The number of rotatable bonds is 4. The molecule has 1 atom stereocenters. The molecule has 0 aliphatic heterocycles. The van der Waals surface area contributed by atoms with E-state index in [1.807, 2.05) is 13.8 Å². The smallest absolute Gasteiger partial charge is 0.138 e. The third-order valence-corrected chi connectivity index (χ3v) is 3.92. The summed E-state index contributed by atoms with van der Waals surface area (Å²) in [7, 11) is 0. The Balaban J connectivity index is 2.04. The van der Waals surface area contributed by atoms with Crippen molar-refractivity contribution >= 4 is 23.4 Å². The normalized spacial score (nSPS) is 12.4. The highest BCUT2D eigenvalue weighted by Gasteiger charge is 2.08. The summed E-state index contributed by atoms with van der Waals surface area (Å²) in [5.74, 6) is 1.19. The lowest BCUT2D eigenvalue weighted by Gasteiger charge is -2.08. The zero-order valence-corrected chi connectivity index (χ0v) is 12.3. The van der Waals surface area contributed by atoms with Crippen molar-refractivity contribution in [3.8, 4) is 0 Å². The van der Waals surface area contributed by atoms with Gasteiger partial charge in [-0.05, 0) is 38.1 Å². The first-order valence-corrected chi connectivity index (χ1v) is 7.33. The Kier molecular flexibility index (Phi) is 4.77. The van der Waals surface area contributed by atoms with Gasteiger partial charge in [0, 0.05) is 22.3 Å². The van der Waals surface area contributed by atoms with E-state index in [1.54, 1.807) is 30.1 Å². The van der Waals surface area contributed by atoms with E-state index in [1.165, 1.54) is 12.1 Å². The van der Waals surface area contributed by atoms with Crippen LogP contribution in [0.25, 0.3) is 0 Å². The first-order chi connectivity index (χ1) is 9.06. The molecule has 0 saturated carbocycles. The molecule has 1 unspecified atom stereocenters. The van der Waals surface area contributed by atoms with E-state index in [-0.39, 0.29) is 11.2 Å². The van der Waals surface area contributed by atoms with Gasteiger partial charge in [-0.15, -0.1) is 23.4 Å². The molecule has 0 bridgehead atoms. The Bertz CT molecular complexity index is 558. The monoisotopic (exact) mass is 296 g/mol. The van der Waals surface area contributed by atoms with Gasteiger partial charge in [0.25, 0.3) is 0 Å². The minimum absolute atomic E-state index is 0.0844. The summed E-state index contributed by atoms with van der Waals surface area (Å²) in [6, 6.07) is 6.41. The SMILES string of the molecule is Cc1nc(CSc2ccc(F)cc2)ncc1C(C)Cl. The summed E-state index contributed by atoms with van der Waals surface area (Å²) in [5, 5.41) is -0.0844. The van der Waals surface area contributed by atoms with Crippen molar-refractivity contribution in [2.75, 3.05) is 0 Å². The molecule has 2 aromatic rings. The molecule has 0 N–H and O–H groups in total. The van der Waals surface area contributed by atoms with E-state index >= 15 is 0 Å². The molecule has 0 aliphatic carbocycles. The number of halogens is 2. The van der Waals surface area contributed by atoms with Crippen molar-refractivity contribution < 1.29 is 4.39 Å². The molecular formula is C14H14ClFN2S. The van der Waals surface area contributed by atoms with Crippen LogP contribution < -0.4 is 0 Å². The minimum atomic E-state index is -0.225. The van der Waals surface area contributed by atoms with Crippen LogP contribution in [0.15, 0.2) is 35.4 Å². The Morgan fingerprint density at radius 2 is 2.00 bits per heavy atom. The first-order valence-electron chi connectivity index (χ1n) is 5.91. The lowest BCUT2D eigenvalue weighted by molar-refractivity contribution is 0.626. The molecule has 0 saturated heterocycles. The van der Waals surface area contributed by atoms with Crippen LogP contribution in [0.4, 0.5) is 4.39 Å². The predicted molar refractivity (Wildman–Crippen MR) is 77.0 cm³/mol. The highest BCUT2D eigenvalue weighted by atomic mass is 35.5. The second-order valence-electron chi connectivity index (χ2n) is 4.19. The largest absolute Gasteiger partial charge is 0.240 e. The van der Waals surface area contributed by atoms with Gasteiger partial charge in [0.05, 0.1) is 11.1 Å². The van der Waals surface area contributed by atoms with Crippen LogP contribution in [0.5, 0.6) is 0 Å². The zero-order valence-electron chi connectivity index (χ0n) is 10.7. The quantitative estimate of drug-likeness (QED) is 0.613. The molecule has 0 radical (unpaired) electrons. The lowest BCUT2D eigenvalue weighted by atomic mass is 10.2. The molecule has 2 rings (SSSR count). The van der Waals surface area contributed by atoms with Gasteiger partial charge in [-0.25, -0.2) is 14.4 Å². The number of hydrogen-bond acceptors (Lipinski definition) is 3. The van der Waals surface area contributed by atoms with E-state index in [0.717, 1.165) is 22.0 Å². The van der Waals surface area contributed by atoms with E-state index in [9.17, 15) is 4.39 Å². The molecule has 1 aromatic heterocycles. The third-order valence-electron chi connectivity index (χ3n) is 2.68. The standard InChI is InChI=1S/C14H14ClFN2S/c1-9(15)13-7-17-14(18-10(13)2)8-19-12-5-3-11(16)4-6-12/h3-7,9H,8H2,1-2H3. The fraction of sp³-hybridized carbons (Fsp3) is 0.286. The van der Waals surface area contributed by atoms with E-state index in [4.69, 9.17) is 11.6 Å². The van der Waals surface area contributed by atoms with Crippen LogP contribution in [0.2, 0.25) is 0 Å². The fourth-order valence-corrected chi connectivity index (χ4v) is 2.64. The molecule has 2 nitrogen and oxygen atoms in total. The first kappa shape index (κ1) is 14.3. The van der Waals surface area contributed by atoms with Gasteiger partial charge >= 0.3 is 0 Å². The molecule has 100 valence electrons. The molecule has 5 heteroatoms. The number of benzene rings is 1. The predicted octanol–water partition coefficient (Wildman–Crippen LogP) is 4.52. The third kappa shape index (κ3) is 3.91. The molecule has 0 aliphatic rings. The van der Waals surface area contributed by atoms with Crippen molar-refractivity contribution in [3.05, 3.63) is 53.4 Å². The molecule has 1 aromatic carbocycles. The molecule has 0 fully saturated rings. The molecule has 0 amide bonds. The van der Waals surface area contributed by atoms with Crippen molar-refractivity contribution in [3.63, 3.8) is 0 Å². The highest BCUT2D eigenvalue weighted by molar-refractivity contribution is 7.98. The van der Waals surface area contributed by atoms with Crippen molar-refractivity contribution in [2.45, 2.75) is 29.9 Å². The summed E-state index contributed by atoms with van der Waals surface area (Å²) >= 11 is 7.61. The zero-order chi connectivity index (χ0) is 13.8. The molecule has 0 spiro atoms. The summed E-state index contributed by atoms with van der Waals surface area (Å²) in [4.78, 5) is 9.74. The summed E-state index contributed by atoms with van der Waals surface area (Å²) in [6.07, 6.45) is 1.78. The van der Waals surface area contributed by atoms with Gasteiger partial charge < -0.3 is 0 Å². The van der Waals surface area contributed by atoms with Gasteiger partial charge in [-0.2, -0.15) is 0 Å². The molecule has 1 heterocycles. The van der Waals surface area contributed by atoms with Gasteiger partial charge in [-0.3, -0.25) is 0 Å². The maximum atomic E-state index is 12.8. The minimum Gasteiger partial charge on any atom is -0.240 e. The summed E-state index contributed by atoms with van der Waals surface area (Å²) < 4.78 is 12.8. The van der Waals surface area contributed by atoms with Crippen molar-refractivity contribution in [1.82, 2.24) is 9.97 Å². The number of thioether (sulfide) groups is 1. The number of alkyl halides is 1. The van der Waals surface area contributed by atoms with Crippen LogP contribution in [0.3, 0.4) is 0 Å². The van der Waals surface area contributed by atoms with Crippen LogP contribution in [0.1, 0.15) is 29.4 Å². The van der Waals surface area contributed by atoms with E-state index < -0.39 is 0 Å². The Morgan fingerprint density at radius 1 is 1.32 bits per heavy atom. The van der Waals surface area contributed by atoms with E-state index in [0.29, 0.717) is 5.75 Å². The van der Waals surface area contributed by atoms with Crippen LogP contribution >= 0.6 is 23.4 Å². The fourth-order valence-electron chi connectivity index (χ4n) is 1.66. The maximum Gasteiger partial charge on any atom is 0.138 e. The van der Waals surface area contributed by atoms with Gasteiger partial charge in [0.2, 0.25) is 0 Å². The van der Waals surface area contributed by atoms with Gasteiger partial charge in [-0.1, -0.05) is 0 Å². The number of aromatic nitrogens is 2.